The van der Waals surface area contributed by atoms with Crippen LogP contribution in [-0.4, -0.2) is 12.6 Å². The summed E-state index contributed by atoms with van der Waals surface area (Å²) in [6, 6.07) is 7.15. The lowest BCUT2D eigenvalue weighted by Gasteiger charge is -2.09. The van der Waals surface area contributed by atoms with Gasteiger partial charge in [-0.15, -0.1) is 0 Å². The van der Waals surface area contributed by atoms with E-state index in [9.17, 15) is 0 Å². The third-order valence-corrected chi connectivity index (χ3v) is 3.58. The van der Waals surface area contributed by atoms with E-state index in [1.165, 1.54) is 43.4 Å². The Bertz CT molecular complexity index is 369. The summed E-state index contributed by atoms with van der Waals surface area (Å²) in [5, 5.41) is 3.61. The molecule has 1 aromatic rings. The number of hydrogen-bond donors (Lipinski definition) is 2. The molecule has 0 aliphatic heterocycles. The molecule has 0 amide bonds. The molecule has 1 unspecified atom stereocenters. The predicted molar refractivity (Wildman–Crippen MR) is 62.8 cm³/mol. The fourth-order valence-electron chi connectivity index (χ4n) is 2.53. The van der Waals surface area contributed by atoms with Gasteiger partial charge in [0, 0.05) is 11.7 Å². The van der Waals surface area contributed by atoms with E-state index in [1.54, 1.807) is 0 Å². The van der Waals surface area contributed by atoms with Crippen LogP contribution in [0.15, 0.2) is 18.2 Å². The molecular weight excluding hydrogens is 184 g/mol. The van der Waals surface area contributed by atoms with Crippen molar-refractivity contribution < 1.29 is 0 Å². The van der Waals surface area contributed by atoms with Crippen molar-refractivity contribution in [1.82, 2.24) is 5.32 Å². The smallest absolute Gasteiger partial charge is 0.0349 e. The Kier molecular flexibility index (Phi) is 2.17. The minimum atomic E-state index is 0.769. The van der Waals surface area contributed by atoms with Crippen molar-refractivity contribution in [2.24, 2.45) is 5.92 Å². The molecule has 1 saturated carbocycles. The molecule has 3 rings (SSSR count). The topological polar surface area (TPSA) is 38.0 Å². The van der Waals surface area contributed by atoms with Crippen LogP contribution in [0.2, 0.25) is 0 Å². The largest absolute Gasteiger partial charge is 0.398 e. The summed E-state index contributed by atoms with van der Waals surface area (Å²) in [4.78, 5) is 0. The van der Waals surface area contributed by atoms with Crippen molar-refractivity contribution in [3.05, 3.63) is 29.3 Å². The van der Waals surface area contributed by atoms with E-state index < -0.39 is 0 Å². The molecule has 15 heavy (non-hydrogen) atoms. The van der Waals surface area contributed by atoms with Crippen LogP contribution in [0.25, 0.3) is 0 Å². The van der Waals surface area contributed by atoms with E-state index in [1.807, 2.05) is 6.07 Å². The molecule has 0 saturated heterocycles. The molecule has 1 fully saturated rings. The Morgan fingerprint density at radius 1 is 1.27 bits per heavy atom. The summed E-state index contributed by atoms with van der Waals surface area (Å²) in [6.45, 7) is 1.17. The summed E-state index contributed by atoms with van der Waals surface area (Å²) in [7, 11) is 0. The van der Waals surface area contributed by atoms with Crippen molar-refractivity contribution in [3.8, 4) is 0 Å². The van der Waals surface area contributed by atoms with Crippen LogP contribution in [0, 0.1) is 5.92 Å². The molecule has 0 aromatic heterocycles. The number of benzene rings is 1. The van der Waals surface area contributed by atoms with Crippen LogP contribution in [0.3, 0.4) is 0 Å². The van der Waals surface area contributed by atoms with Gasteiger partial charge in [-0.1, -0.05) is 12.1 Å². The Labute approximate surface area is 90.9 Å². The third kappa shape index (κ3) is 1.86. The molecule has 2 heteroatoms. The van der Waals surface area contributed by atoms with Gasteiger partial charge in [-0.05, 0) is 55.3 Å². The van der Waals surface area contributed by atoms with E-state index in [2.05, 4.69) is 17.4 Å². The zero-order valence-corrected chi connectivity index (χ0v) is 9.00. The summed E-state index contributed by atoms with van der Waals surface area (Å²) >= 11 is 0. The second-order valence-electron chi connectivity index (χ2n) is 4.94. The first-order chi connectivity index (χ1) is 7.33. The Balaban J connectivity index is 1.66. The molecule has 2 aliphatic carbocycles. The van der Waals surface area contributed by atoms with Crippen LogP contribution >= 0.6 is 0 Å². The number of nitrogens with two attached hydrogens (primary N) is 1. The maximum absolute atomic E-state index is 5.98. The van der Waals surface area contributed by atoms with Crippen LogP contribution in [0.5, 0.6) is 0 Å². The predicted octanol–water partition coefficient (Wildman–Crippen LogP) is 1.74. The van der Waals surface area contributed by atoms with Gasteiger partial charge in [0.2, 0.25) is 0 Å². The summed E-state index contributed by atoms with van der Waals surface area (Å²) in [5.41, 5.74) is 9.84. The average molecular weight is 202 g/mol. The molecular formula is C13H18N2. The van der Waals surface area contributed by atoms with Crippen molar-refractivity contribution in [2.75, 3.05) is 12.3 Å². The fourth-order valence-corrected chi connectivity index (χ4v) is 2.53. The zero-order chi connectivity index (χ0) is 10.3. The first-order valence-corrected chi connectivity index (χ1v) is 5.92. The lowest BCUT2D eigenvalue weighted by molar-refractivity contribution is 0.496. The van der Waals surface area contributed by atoms with Crippen molar-refractivity contribution in [3.63, 3.8) is 0 Å². The minimum Gasteiger partial charge on any atom is -0.398 e. The van der Waals surface area contributed by atoms with Gasteiger partial charge < -0.3 is 11.1 Å². The summed E-state index contributed by atoms with van der Waals surface area (Å²) in [5.74, 6) is 0.769. The first-order valence-electron chi connectivity index (χ1n) is 5.92. The monoisotopic (exact) mass is 202 g/mol. The second-order valence-corrected chi connectivity index (χ2v) is 4.94. The second kappa shape index (κ2) is 3.53. The molecule has 3 N–H and O–H groups in total. The number of fused-ring (bicyclic) bond motifs is 1. The number of anilines is 1. The molecule has 80 valence electrons. The van der Waals surface area contributed by atoms with Crippen LogP contribution in [-0.2, 0) is 12.8 Å². The number of nitrogens with one attached hydrogen (secondary N) is 1. The lowest BCUT2D eigenvalue weighted by Crippen LogP contribution is -2.24. The zero-order valence-electron chi connectivity index (χ0n) is 9.00. The summed E-state index contributed by atoms with van der Waals surface area (Å²) in [6.07, 6.45) is 5.13. The van der Waals surface area contributed by atoms with E-state index in [0.717, 1.165) is 17.6 Å². The Morgan fingerprint density at radius 2 is 2.13 bits per heavy atom. The highest BCUT2D eigenvalue weighted by Gasteiger charge is 2.26. The van der Waals surface area contributed by atoms with Gasteiger partial charge in [0.1, 0.15) is 0 Å². The van der Waals surface area contributed by atoms with E-state index in [-0.39, 0.29) is 0 Å². The number of rotatable bonds is 3. The average Bonchev–Trinajstić information content (AvgIpc) is 2.95. The van der Waals surface area contributed by atoms with Crippen LogP contribution < -0.4 is 11.1 Å². The van der Waals surface area contributed by atoms with E-state index in [0.29, 0.717) is 0 Å². The molecule has 1 atom stereocenters. The molecule has 0 spiro atoms. The SMILES string of the molecule is Nc1cccc2c1CC(CNC1CC1)C2. The first kappa shape index (κ1) is 9.22. The number of hydrogen-bond acceptors (Lipinski definition) is 2. The lowest BCUT2D eigenvalue weighted by atomic mass is 10.1. The Morgan fingerprint density at radius 3 is 2.87 bits per heavy atom. The minimum absolute atomic E-state index is 0.769. The van der Waals surface area contributed by atoms with Gasteiger partial charge in [0.25, 0.3) is 0 Å². The van der Waals surface area contributed by atoms with E-state index >= 15 is 0 Å². The fraction of sp³-hybridized carbons (Fsp3) is 0.538. The highest BCUT2D eigenvalue weighted by molar-refractivity contribution is 5.53. The van der Waals surface area contributed by atoms with Gasteiger partial charge in [0.15, 0.2) is 0 Å². The summed E-state index contributed by atoms with van der Waals surface area (Å²) < 4.78 is 0. The third-order valence-electron chi connectivity index (χ3n) is 3.58. The number of nitrogen functional groups attached to an aromatic ring is 1. The van der Waals surface area contributed by atoms with Crippen LogP contribution in [0.4, 0.5) is 5.69 Å². The van der Waals surface area contributed by atoms with E-state index in [4.69, 9.17) is 5.73 Å². The van der Waals surface area contributed by atoms with Gasteiger partial charge in [-0.25, -0.2) is 0 Å². The maximum atomic E-state index is 5.98. The maximum Gasteiger partial charge on any atom is 0.0349 e. The normalized spacial score (nSPS) is 24.1. The van der Waals surface area contributed by atoms with Gasteiger partial charge in [0.05, 0.1) is 0 Å². The van der Waals surface area contributed by atoms with Crippen LogP contribution in [0.1, 0.15) is 24.0 Å². The van der Waals surface area contributed by atoms with Crippen molar-refractivity contribution in [1.29, 1.82) is 0 Å². The molecule has 2 nitrogen and oxygen atoms in total. The van der Waals surface area contributed by atoms with Crippen molar-refractivity contribution >= 4 is 5.69 Å². The molecule has 1 aromatic carbocycles. The highest BCUT2D eigenvalue weighted by Crippen LogP contribution is 2.31. The van der Waals surface area contributed by atoms with Gasteiger partial charge in [-0.2, -0.15) is 0 Å². The highest BCUT2D eigenvalue weighted by atomic mass is 14.9. The molecule has 0 heterocycles. The molecule has 0 radical (unpaired) electrons. The Hall–Kier alpha value is -1.02. The van der Waals surface area contributed by atoms with Crippen molar-refractivity contribution in [2.45, 2.75) is 31.7 Å². The molecule has 0 bridgehead atoms. The van der Waals surface area contributed by atoms with Gasteiger partial charge in [-0.3, -0.25) is 0 Å². The molecule has 2 aliphatic rings. The standard InChI is InChI=1S/C13H18N2/c14-13-3-1-2-10-6-9(7-12(10)13)8-15-11-4-5-11/h1-3,9,11,15H,4-8,14H2. The quantitative estimate of drug-likeness (QED) is 0.733. The van der Waals surface area contributed by atoms with Gasteiger partial charge >= 0.3 is 0 Å².